The zero-order valence-corrected chi connectivity index (χ0v) is 17.9. The van der Waals surface area contributed by atoms with Crippen molar-refractivity contribution in [3.63, 3.8) is 0 Å². The summed E-state index contributed by atoms with van der Waals surface area (Å²) >= 11 is 0. The third-order valence-corrected chi connectivity index (χ3v) is 6.13. The molecule has 0 spiro atoms. The molecule has 2 N–H and O–H groups in total. The Labute approximate surface area is 180 Å². The van der Waals surface area contributed by atoms with Gasteiger partial charge in [-0.3, -0.25) is 9.69 Å². The van der Waals surface area contributed by atoms with Crippen molar-refractivity contribution in [2.24, 2.45) is 5.92 Å². The molecule has 9 nitrogen and oxygen atoms in total. The monoisotopic (exact) mass is 435 g/mol. The molecule has 0 saturated carbocycles. The zero-order chi connectivity index (χ0) is 22.8. The Morgan fingerprint density at radius 2 is 1.90 bits per heavy atom. The molecule has 0 aromatic heterocycles. The van der Waals surface area contributed by atoms with Crippen LogP contribution in [0.1, 0.15) is 44.0 Å². The number of aliphatic hydroxyl groups is 1. The van der Waals surface area contributed by atoms with Crippen molar-refractivity contribution in [2.75, 3.05) is 19.7 Å². The zero-order valence-electron chi connectivity index (χ0n) is 17.9. The molecule has 0 bridgehead atoms. The first kappa shape index (κ1) is 23.0. The van der Waals surface area contributed by atoms with Gasteiger partial charge >= 0.3 is 17.9 Å². The SMILES string of the molecule is CC(=O)O[C@H](C)[C@](C)(O)C(=O)OC[C@H]1CCN2CC[C@@H](OC(=O)c3ccccc3O)C12. The van der Waals surface area contributed by atoms with E-state index in [9.17, 15) is 24.6 Å². The molecular weight excluding hydrogens is 406 g/mol. The average molecular weight is 435 g/mol. The summed E-state index contributed by atoms with van der Waals surface area (Å²) in [5.74, 6) is -2.28. The quantitative estimate of drug-likeness (QED) is 0.481. The van der Waals surface area contributed by atoms with Crippen LogP contribution in [0.15, 0.2) is 24.3 Å². The Hall–Kier alpha value is -2.65. The van der Waals surface area contributed by atoms with Crippen LogP contribution >= 0.6 is 0 Å². The number of phenolic OH excluding ortho intramolecular Hbond substituents is 1. The minimum absolute atomic E-state index is 0.0492. The van der Waals surface area contributed by atoms with Crippen LogP contribution in [0.25, 0.3) is 0 Å². The predicted molar refractivity (Wildman–Crippen MR) is 108 cm³/mol. The highest BCUT2D eigenvalue weighted by molar-refractivity contribution is 5.92. The van der Waals surface area contributed by atoms with Crippen molar-refractivity contribution in [3.05, 3.63) is 29.8 Å². The number of rotatable bonds is 7. The van der Waals surface area contributed by atoms with E-state index >= 15 is 0 Å². The summed E-state index contributed by atoms with van der Waals surface area (Å²) in [4.78, 5) is 38.3. The van der Waals surface area contributed by atoms with E-state index in [0.29, 0.717) is 6.42 Å². The van der Waals surface area contributed by atoms with Gasteiger partial charge in [0.25, 0.3) is 0 Å². The molecule has 0 radical (unpaired) electrons. The van der Waals surface area contributed by atoms with E-state index in [-0.39, 0.29) is 29.9 Å². The standard InChI is InChI=1S/C22H29NO8/c1-13(30-14(2)24)22(3,28)21(27)29-12-15-8-10-23-11-9-18(19(15)23)31-20(26)16-6-4-5-7-17(16)25/h4-7,13,15,18-19,25,28H,8-12H2,1-3H3/t13-,15-,18-,19?,22+/m1/s1. The summed E-state index contributed by atoms with van der Waals surface area (Å²) in [7, 11) is 0. The minimum Gasteiger partial charge on any atom is -0.507 e. The van der Waals surface area contributed by atoms with Crippen LogP contribution in [0.5, 0.6) is 5.75 Å². The Morgan fingerprint density at radius 1 is 1.23 bits per heavy atom. The molecule has 31 heavy (non-hydrogen) atoms. The molecule has 2 aliphatic heterocycles. The number of phenols is 1. The second-order valence-corrected chi connectivity index (χ2v) is 8.32. The summed E-state index contributed by atoms with van der Waals surface area (Å²) in [5.41, 5.74) is -1.87. The lowest BCUT2D eigenvalue weighted by Crippen LogP contribution is -2.49. The lowest BCUT2D eigenvalue weighted by Gasteiger charge is -2.29. The highest BCUT2D eigenvalue weighted by Gasteiger charge is 2.47. The number of esters is 3. The molecule has 2 fully saturated rings. The van der Waals surface area contributed by atoms with Gasteiger partial charge in [0.1, 0.15) is 23.5 Å². The van der Waals surface area contributed by atoms with E-state index < -0.39 is 35.7 Å². The van der Waals surface area contributed by atoms with Crippen molar-refractivity contribution in [1.82, 2.24) is 4.90 Å². The Balaban J connectivity index is 1.60. The topological polar surface area (TPSA) is 123 Å². The van der Waals surface area contributed by atoms with Gasteiger partial charge in [-0.15, -0.1) is 0 Å². The molecule has 5 atom stereocenters. The van der Waals surface area contributed by atoms with Crippen LogP contribution in [0, 0.1) is 5.92 Å². The third-order valence-electron chi connectivity index (χ3n) is 6.13. The number of carbonyl (C=O) groups is 3. The number of para-hydroxylation sites is 1. The van der Waals surface area contributed by atoms with Gasteiger partial charge in [-0.05, 0) is 45.4 Å². The lowest BCUT2D eigenvalue weighted by atomic mass is 9.96. The summed E-state index contributed by atoms with van der Waals surface area (Å²) in [6, 6.07) is 6.10. The van der Waals surface area contributed by atoms with E-state index in [0.717, 1.165) is 19.5 Å². The van der Waals surface area contributed by atoms with Crippen molar-refractivity contribution in [3.8, 4) is 5.75 Å². The molecule has 0 amide bonds. The molecule has 2 saturated heterocycles. The Morgan fingerprint density at radius 3 is 2.58 bits per heavy atom. The van der Waals surface area contributed by atoms with Gasteiger partial charge in [-0.1, -0.05) is 12.1 Å². The molecular formula is C22H29NO8. The van der Waals surface area contributed by atoms with E-state index in [1.165, 1.54) is 32.9 Å². The Kier molecular flexibility index (Phi) is 6.86. The fraction of sp³-hybridized carbons (Fsp3) is 0.591. The summed E-state index contributed by atoms with van der Waals surface area (Å²) in [6.45, 7) is 5.46. The van der Waals surface area contributed by atoms with Gasteiger partial charge in [-0.2, -0.15) is 0 Å². The summed E-state index contributed by atoms with van der Waals surface area (Å²) < 4.78 is 16.0. The van der Waals surface area contributed by atoms with E-state index in [1.54, 1.807) is 12.1 Å². The normalized spacial score (nSPS) is 25.9. The van der Waals surface area contributed by atoms with Crippen LogP contribution in [0.3, 0.4) is 0 Å². The molecule has 3 rings (SSSR count). The van der Waals surface area contributed by atoms with Crippen molar-refractivity contribution in [1.29, 1.82) is 0 Å². The minimum atomic E-state index is -1.98. The van der Waals surface area contributed by atoms with Gasteiger partial charge < -0.3 is 24.4 Å². The fourth-order valence-electron chi connectivity index (χ4n) is 4.23. The number of aromatic hydroxyl groups is 1. The first-order valence-electron chi connectivity index (χ1n) is 10.4. The number of carbonyl (C=O) groups excluding carboxylic acids is 3. The van der Waals surface area contributed by atoms with E-state index in [2.05, 4.69) is 4.90 Å². The second kappa shape index (κ2) is 9.23. The number of fused-ring (bicyclic) bond motifs is 1. The molecule has 1 unspecified atom stereocenters. The van der Waals surface area contributed by atoms with E-state index in [1.807, 2.05) is 0 Å². The van der Waals surface area contributed by atoms with E-state index in [4.69, 9.17) is 14.2 Å². The number of nitrogens with zero attached hydrogens (tertiary/aromatic N) is 1. The van der Waals surface area contributed by atoms with Gasteiger partial charge in [-0.25, -0.2) is 9.59 Å². The van der Waals surface area contributed by atoms with Gasteiger partial charge in [0.2, 0.25) is 0 Å². The first-order chi connectivity index (χ1) is 14.6. The Bertz CT molecular complexity index is 839. The maximum absolute atomic E-state index is 12.5. The maximum Gasteiger partial charge on any atom is 0.342 e. The molecule has 2 heterocycles. The molecule has 1 aromatic rings. The number of hydrogen-bond donors (Lipinski definition) is 2. The van der Waals surface area contributed by atoms with Crippen LogP contribution in [-0.4, -0.2) is 76.6 Å². The molecule has 170 valence electrons. The molecule has 9 heteroatoms. The summed E-state index contributed by atoms with van der Waals surface area (Å²) in [5, 5.41) is 20.3. The van der Waals surface area contributed by atoms with Crippen molar-refractivity contribution in [2.45, 2.75) is 57.5 Å². The third kappa shape index (κ3) is 4.99. The highest BCUT2D eigenvalue weighted by Crippen LogP contribution is 2.36. The van der Waals surface area contributed by atoms with Crippen molar-refractivity contribution < 1.29 is 38.8 Å². The highest BCUT2D eigenvalue weighted by atomic mass is 16.6. The van der Waals surface area contributed by atoms with Crippen LogP contribution in [0.4, 0.5) is 0 Å². The summed E-state index contributed by atoms with van der Waals surface area (Å²) in [6.07, 6.45) is -0.0463. The first-order valence-corrected chi connectivity index (χ1v) is 10.4. The van der Waals surface area contributed by atoms with Gasteiger partial charge in [0, 0.05) is 19.4 Å². The molecule has 1 aromatic carbocycles. The maximum atomic E-state index is 12.5. The lowest BCUT2D eigenvalue weighted by molar-refractivity contribution is -0.183. The van der Waals surface area contributed by atoms with Crippen LogP contribution in [0.2, 0.25) is 0 Å². The molecule has 0 aliphatic carbocycles. The number of hydrogen-bond acceptors (Lipinski definition) is 9. The number of ether oxygens (including phenoxy) is 3. The second-order valence-electron chi connectivity index (χ2n) is 8.32. The van der Waals surface area contributed by atoms with Gasteiger partial charge in [0.15, 0.2) is 5.60 Å². The largest absolute Gasteiger partial charge is 0.507 e. The predicted octanol–water partition coefficient (Wildman–Crippen LogP) is 1.26. The number of benzene rings is 1. The fourth-order valence-corrected chi connectivity index (χ4v) is 4.23. The van der Waals surface area contributed by atoms with Crippen molar-refractivity contribution >= 4 is 17.9 Å². The smallest absolute Gasteiger partial charge is 0.342 e. The van der Waals surface area contributed by atoms with Gasteiger partial charge in [0.05, 0.1) is 12.6 Å². The molecule has 2 aliphatic rings. The van der Waals surface area contributed by atoms with Crippen LogP contribution in [-0.2, 0) is 23.8 Å². The average Bonchev–Trinajstić information content (AvgIpc) is 3.29. The van der Waals surface area contributed by atoms with Crippen LogP contribution < -0.4 is 0 Å².